The van der Waals surface area contributed by atoms with Crippen LogP contribution in [0.2, 0.25) is 0 Å². The number of rotatable bonds is 1. The number of urea groups is 1. The van der Waals surface area contributed by atoms with Crippen LogP contribution >= 0.6 is 0 Å². The van der Waals surface area contributed by atoms with E-state index in [0.717, 1.165) is 25.9 Å². The molecule has 0 saturated carbocycles. The van der Waals surface area contributed by atoms with Gasteiger partial charge in [0.15, 0.2) is 0 Å². The van der Waals surface area contributed by atoms with E-state index in [0.29, 0.717) is 6.54 Å². The molecule has 0 aromatic heterocycles. The van der Waals surface area contributed by atoms with Crippen molar-refractivity contribution in [1.29, 1.82) is 0 Å². The van der Waals surface area contributed by atoms with Gasteiger partial charge >= 0.3 is 6.03 Å². The van der Waals surface area contributed by atoms with Crippen LogP contribution in [0.15, 0.2) is 0 Å². The van der Waals surface area contributed by atoms with Crippen LogP contribution in [0, 0.1) is 12.3 Å². The maximum absolute atomic E-state index is 11.3. The first-order valence-corrected chi connectivity index (χ1v) is 4.31. The summed E-state index contributed by atoms with van der Waals surface area (Å²) in [7, 11) is 0. The summed E-state index contributed by atoms with van der Waals surface area (Å²) >= 11 is 0. The number of likely N-dealkylation sites (tertiary alicyclic amines) is 1. The molecule has 1 heterocycles. The lowest BCUT2D eigenvalue weighted by Gasteiger charge is -2.26. The van der Waals surface area contributed by atoms with Crippen LogP contribution in [-0.2, 0) is 0 Å². The van der Waals surface area contributed by atoms with Crippen LogP contribution in [0.3, 0.4) is 0 Å². The van der Waals surface area contributed by atoms with Crippen LogP contribution < -0.4 is 5.32 Å². The first kappa shape index (κ1) is 8.92. The summed E-state index contributed by atoms with van der Waals surface area (Å²) in [5.74, 6) is 2.38. The smallest absolute Gasteiger partial charge is 0.318 e. The molecule has 1 aliphatic rings. The highest BCUT2D eigenvalue weighted by Crippen LogP contribution is 2.07. The lowest BCUT2D eigenvalue weighted by Crippen LogP contribution is -2.42. The number of piperidine rings is 1. The van der Waals surface area contributed by atoms with Gasteiger partial charge in [-0.2, -0.15) is 0 Å². The van der Waals surface area contributed by atoms with Crippen LogP contribution in [0.4, 0.5) is 4.79 Å². The Morgan fingerprint density at radius 1 is 1.42 bits per heavy atom. The maximum Gasteiger partial charge on any atom is 0.318 e. The highest BCUT2D eigenvalue weighted by Gasteiger charge is 2.14. The second-order valence-electron chi connectivity index (χ2n) is 2.91. The molecule has 2 amide bonds. The van der Waals surface area contributed by atoms with Gasteiger partial charge in [-0.3, -0.25) is 0 Å². The van der Waals surface area contributed by atoms with Gasteiger partial charge in [-0.15, -0.1) is 6.42 Å². The second kappa shape index (κ2) is 4.66. The molecule has 1 aliphatic heterocycles. The molecule has 0 aromatic rings. The monoisotopic (exact) mass is 166 g/mol. The van der Waals surface area contributed by atoms with Gasteiger partial charge in [0.2, 0.25) is 0 Å². The number of hydrogen-bond donors (Lipinski definition) is 1. The minimum atomic E-state index is -0.0207. The number of carbonyl (C=O) groups is 1. The van der Waals surface area contributed by atoms with E-state index in [1.54, 1.807) is 0 Å². The average Bonchev–Trinajstić information content (AvgIpc) is 2.15. The van der Waals surface area contributed by atoms with E-state index in [9.17, 15) is 4.79 Å². The summed E-state index contributed by atoms with van der Waals surface area (Å²) in [4.78, 5) is 13.1. The predicted molar refractivity (Wildman–Crippen MR) is 47.7 cm³/mol. The lowest BCUT2D eigenvalue weighted by atomic mass is 10.1. The highest BCUT2D eigenvalue weighted by atomic mass is 16.2. The van der Waals surface area contributed by atoms with E-state index < -0.39 is 0 Å². The number of amides is 2. The van der Waals surface area contributed by atoms with Crippen molar-refractivity contribution in [3.63, 3.8) is 0 Å². The van der Waals surface area contributed by atoms with Crippen LogP contribution in [0.25, 0.3) is 0 Å². The third kappa shape index (κ3) is 2.46. The van der Waals surface area contributed by atoms with E-state index in [2.05, 4.69) is 11.2 Å². The number of nitrogens with zero attached hydrogens (tertiary/aromatic N) is 1. The van der Waals surface area contributed by atoms with Gasteiger partial charge in [-0.1, -0.05) is 5.92 Å². The Hall–Kier alpha value is -1.17. The quantitative estimate of drug-likeness (QED) is 0.574. The summed E-state index contributed by atoms with van der Waals surface area (Å²) in [6.07, 6.45) is 8.49. The molecule has 0 unspecified atom stereocenters. The largest absolute Gasteiger partial charge is 0.327 e. The number of nitrogens with one attached hydrogen (secondary N) is 1. The summed E-state index contributed by atoms with van der Waals surface area (Å²) in [6.45, 7) is 2.07. The summed E-state index contributed by atoms with van der Waals surface area (Å²) in [5, 5.41) is 2.65. The van der Waals surface area contributed by atoms with Gasteiger partial charge in [0.25, 0.3) is 0 Å². The minimum absolute atomic E-state index is 0.0207. The standard InChI is InChI=1S/C9H14N2O/c1-2-6-10-9(12)11-7-4-3-5-8-11/h1H,3-8H2,(H,10,12). The van der Waals surface area contributed by atoms with Gasteiger partial charge in [-0.05, 0) is 19.3 Å². The Morgan fingerprint density at radius 2 is 2.08 bits per heavy atom. The second-order valence-corrected chi connectivity index (χ2v) is 2.91. The predicted octanol–water partition coefficient (Wildman–Crippen LogP) is 0.815. The third-order valence-electron chi connectivity index (χ3n) is 1.98. The minimum Gasteiger partial charge on any atom is -0.327 e. The number of hydrogen-bond acceptors (Lipinski definition) is 1. The molecule has 0 radical (unpaired) electrons. The van der Waals surface area contributed by atoms with Gasteiger partial charge in [0.1, 0.15) is 0 Å². The fourth-order valence-corrected chi connectivity index (χ4v) is 1.34. The Bertz CT molecular complexity index is 189. The Kier molecular flexibility index (Phi) is 3.46. The lowest BCUT2D eigenvalue weighted by molar-refractivity contribution is 0.188. The zero-order chi connectivity index (χ0) is 8.81. The molecular weight excluding hydrogens is 152 g/mol. The van der Waals surface area contributed by atoms with E-state index >= 15 is 0 Å². The van der Waals surface area contributed by atoms with Gasteiger partial charge < -0.3 is 10.2 Å². The van der Waals surface area contributed by atoms with Crippen molar-refractivity contribution in [1.82, 2.24) is 10.2 Å². The SMILES string of the molecule is C#CCNC(=O)N1CCCCC1. The van der Waals surface area contributed by atoms with Crippen molar-refractivity contribution in [3.05, 3.63) is 0 Å². The Morgan fingerprint density at radius 3 is 2.67 bits per heavy atom. The number of carbonyl (C=O) groups excluding carboxylic acids is 1. The molecule has 1 fully saturated rings. The molecule has 1 N–H and O–H groups in total. The van der Waals surface area contributed by atoms with E-state index in [1.807, 2.05) is 4.90 Å². The summed E-state index contributed by atoms with van der Waals surface area (Å²) < 4.78 is 0. The molecule has 0 atom stereocenters. The average molecular weight is 166 g/mol. The van der Waals surface area contributed by atoms with E-state index in [4.69, 9.17) is 6.42 Å². The third-order valence-corrected chi connectivity index (χ3v) is 1.98. The highest BCUT2D eigenvalue weighted by molar-refractivity contribution is 5.74. The molecule has 3 heteroatoms. The van der Waals surface area contributed by atoms with Gasteiger partial charge in [-0.25, -0.2) is 4.79 Å². The van der Waals surface area contributed by atoms with E-state index in [-0.39, 0.29) is 6.03 Å². The first-order chi connectivity index (χ1) is 5.84. The van der Waals surface area contributed by atoms with Crippen LogP contribution in [0.5, 0.6) is 0 Å². The molecule has 1 rings (SSSR count). The normalized spacial score (nSPS) is 16.8. The molecule has 1 saturated heterocycles. The number of terminal acetylenes is 1. The topological polar surface area (TPSA) is 32.3 Å². The van der Waals surface area contributed by atoms with Crippen molar-refractivity contribution in [2.24, 2.45) is 0 Å². The maximum atomic E-state index is 11.3. The molecule has 0 bridgehead atoms. The molecule has 66 valence electrons. The summed E-state index contributed by atoms with van der Waals surface area (Å²) in [5.41, 5.74) is 0. The van der Waals surface area contributed by atoms with Crippen molar-refractivity contribution in [2.75, 3.05) is 19.6 Å². The zero-order valence-electron chi connectivity index (χ0n) is 7.18. The van der Waals surface area contributed by atoms with Gasteiger partial charge in [0, 0.05) is 13.1 Å². The van der Waals surface area contributed by atoms with Gasteiger partial charge in [0.05, 0.1) is 6.54 Å². The van der Waals surface area contributed by atoms with Crippen LogP contribution in [0.1, 0.15) is 19.3 Å². The van der Waals surface area contributed by atoms with Crippen molar-refractivity contribution in [3.8, 4) is 12.3 Å². The van der Waals surface area contributed by atoms with Crippen molar-refractivity contribution in [2.45, 2.75) is 19.3 Å². The van der Waals surface area contributed by atoms with E-state index in [1.165, 1.54) is 6.42 Å². The van der Waals surface area contributed by atoms with Crippen LogP contribution in [-0.4, -0.2) is 30.6 Å². The molecular formula is C9H14N2O. The molecule has 3 nitrogen and oxygen atoms in total. The van der Waals surface area contributed by atoms with Crippen molar-refractivity contribution < 1.29 is 4.79 Å². The Balaban J connectivity index is 2.26. The fraction of sp³-hybridized carbons (Fsp3) is 0.667. The zero-order valence-corrected chi connectivity index (χ0v) is 7.18. The Labute approximate surface area is 73.1 Å². The van der Waals surface area contributed by atoms with Crippen molar-refractivity contribution >= 4 is 6.03 Å². The molecule has 0 aromatic carbocycles. The molecule has 0 aliphatic carbocycles. The first-order valence-electron chi connectivity index (χ1n) is 4.31. The molecule has 12 heavy (non-hydrogen) atoms. The molecule has 0 spiro atoms. The fourth-order valence-electron chi connectivity index (χ4n) is 1.34. The summed E-state index contributed by atoms with van der Waals surface area (Å²) in [6, 6.07) is -0.0207.